The summed E-state index contributed by atoms with van der Waals surface area (Å²) in [6.45, 7) is 1.12. The predicted octanol–water partition coefficient (Wildman–Crippen LogP) is 4.62. The fourth-order valence-corrected chi connectivity index (χ4v) is 3.62. The van der Waals surface area contributed by atoms with E-state index in [4.69, 9.17) is 0 Å². The van der Waals surface area contributed by atoms with E-state index >= 15 is 0 Å². The van der Waals surface area contributed by atoms with Crippen LogP contribution in [-0.4, -0.2) is 23.3 Å². The SMILES string of the molecule is O=C1c2ccccc2C(=O)N1CCCCC#Cc1cccc(CNNc2ccccc2)c1. The summed E-state index contributed by atoms with van der Waals surface area (Å²) in [4.78, 5) is 26.1. The molecular weight excluding hydrogens is 398 g/mol. The zero-order valence-electron chi connectivity index (χ0n) is 17.8. The average Bonchev–Trinajstić information content (AvgIpc) is 3.07. The summed E-state index contributed by atoms with van der Waals surface area (Å²) in [6, 6.07) is 25.1. The molecule has 0 spiro atoms. The molecule has 2 N–H and O–H groups in total. The summed E-state index contributed by atoms with van der Waals surface area (Å²) in [5.41, 5.74) is 10.5. The van der Waals surface area contributed by atoms with Crippen LogP contribution in [0.2, 0.25) is 0 Å². The largest absolute Gasteiger partial charge is 0.321 e. The Labute approximate surface area is 188 Å². The number of hydrogen-bond donors (Lipinski definition) is 2. The Balaban J connectivity index is 1.20. The van der Waals surface area contributed by atoms with Crippen LogP contribution in [0.5, 0.6) is 0 Å². The summed E-state index contributed by atoms with van der Waals surface area (Å²) >= 11 is 0. The number of para-hydroxylation sites is 1. The van der Waals surface area contributed by atoms with E-state index in [1.807, 2.05) is 42.5 Å². The van der Waals surface area contributed by atoms with Crippen LogP contribution in [0, 0.1) is 11.8 Å². The van der Waals surface area contributed by atoms with E-state index in [0.717, 1.165) is 36.1 Å². The number of fused-ring (bicyclic) bond motifs is 1. The molecule has 32 heavy (non-hydrogen) atoms. The van der Waals surface area contributed by atoms with Gasteiger partial charge in [-0.2, -0.15) is 0 Å². The maximum absolute atomic E-state index is 12.4. The zero-order valence-corrected chi connectivity index (χ0v) is 17.8. The number of amides is 2. The molecule has 0 saturated carbocycles. The fourth-order valence-electron chi connectivity index (χ4n) is 3.62. The lowest BCUT2D eigenvalue weighted by molar-refractivity contribution is 0.0652. The third kappa shape index (κ3) is 5.23. The molecular formula is C27H25N3O2. The molecule has 0 bridgehead atoms. The lowest BCUT2D eigenvalue weighted by Gasteiger charge is -2.12. The van der Waals surface area contributed by atoms with Crippen molar-refractivity contribution in [2.45, 2.75) is 25.8 Å². The number of benzene rings is 3. The molecule has 0 aliphatic carbocycles. The van der Waals surface area contributed by atoms with Crippen molar-refractivity contribution in [3.8, 4) is 11.8 Å². The van der Waals surface area contributed by atoms with Gasteiger partial charge in [0.05, 0.1) is 11.1 Å². The molecule has 4 rings (SSSR count). The molecule has 1 aliphatic rings. The number of nitrogens with one attached hydrogen (secondary N) is 2. The molecule has 1 aliphatic heterocycles. The van der Waals surface area contributed by atoms with E-state index in [-0.39, 0.29) is 11.8 Å². The molecule has 0 radical (unpaired) electrons. The smallest absolute Gasteiger partial charge is 0.261 e. The predicted molar refractivity (Wildman–Crippen MR) is 126 cm³/mol. The first kappa shape index (κ1) is 21.4. The minimum atomic E-state index is -0.191. The van der Waals surface area contributed by atoms with Gasteiger partial charge in [0.25, 0.3) is 11.8 Å². The van der Waals surface area contributed by atoms with Crippen LogP contribution < -0.4 is 10.9 Å². The summed E-state index contributed by atoms with van der Waals surface area (Å²) in [5, 5.41) is 0. The molecule has 0 aromatic heterocycles. The van der Waals surface area contributed by atoms with Crippen LogP contribution in [-0.2, 0) is 6.54 Å². The third-order valence-electron chi connectivity index (χ3n) is 5.27. The third-order valence-corrected chi connectivity index (χ3v) is 5.27. The van der Waals surface area contributed by atoms with Crippen LogP contribution in [0.1, 0.15) is 51.1 Å². The van der Waals surface area contributed by atoms with E-state index in [1.54, 1.807) is 24.3 Å². The number of carbonyl (C=O) groups is 2. The first-order valence-corrected chi connectivity index (χ1v) is 10.8. The van der Waals surface area contributed by atoms with Crippen molar-refractivity contribution in [2.75, 3.05) is 12.0 Å². The van der Waals surface area contributed by atoms with Gasteiger partial charge in [-0.15, -0.1) is 0 Å². The van der Waals surface area contributed by atoms with Crippen molar-refractivity contribution in [2.24, 2.45) is 0 Å². The Kier molecular flexibility index (Phi) is 6.96. The highest BCUT2D eigenvalue weighted by Crippen LogP contribution is 2.22. The van der Waals surface area contributed by atoms with Crippen LogP contribution in [0.25, 0.3) is 0 Å². The Morgan fingerprint density at radius 2 is 1.50 bits per heavy atom. The quantitative estimate of drug-likeness (QED) is 0.240. The number of carbonyl (C=O) groups excluding carboxylic acids is 2. The second-order valence-corrected chi connectivity index (χ2v) is 7.61. The van der Waals surface area contributed by atoms with E-state index in [2.05, 4.69) is 34.8 Å². The Morgan fingerprint density at radius 1 is 0.781 bits per heavy atom. The van der Waals surface area contributed by atoms with Gasteiger partial charge in [0.15, 0.2) is 0 Å². The van der Waals surface area contributed by atoms with Crippen molar-refractivity contribution in [1.29, 1.82) is 0 Å². The molecule has 5 nitrogen and oxygen atoms in total. The number of imide groups is 1. The van der Waals surface area contributed by atoms with Gasteiger partial charge in [-0.25, -0.2) is 5.43 Å². The summed E-state index contributed by atoms with van der Waals surface area (Å²) in [7, 11) is 0. The van der Waals surface area contributed by atoms with Gasteiger partial charge in [0.1, 0.15) is 0 Å². The molecule has 0 atom stereocenters. The van der Waals surface area contributed by atoms with Crippen LogP contribution in [0.15, 0.2) is 78.9 Å². The van der Waals surface area contributed by atoms with Gasteiger partial charge in [-0.3, -0.25) is 14.5 Å². The van der Waals surface area contributed by atoms with Gasteiger partial charge < -0.3 is 5.43 Å². The molecule has 0 fully saturated rings. The highest BCUT2D eigenvalue weighted by Gasteiger charge is 2.34. The highest BCUT2D eigenvalue weighted by molar-refractivity contribution is 6.21. The van der Waals surface area contributed by atoms with Gasteiger partial charge >= 0.3 is 0 Å². The second-order valence-electron chi connectivity index (χ2n) is 7.61. The second kappa shape index (κ2) is 10.4. The van der Waals surface area contributed by atoms with Crippen molar-refractivity contribution in [3.05, 3.63) is 101 Å². The van der Waals surface area contributed by atoms with Crippen molar-refractivity contribution >= 4 is 17.5 Å². The molecule has 2 amide bonds. The Bertz CT molecular complexity index is 1130. The number of hydrogen-bond acceptors (Lipinski definition) is 4. The molecule has 0 saturated heterocycles. The Morgan fingerprint density at radius 3 is 2.25 bits per heavy atom. The molecule has 5 heteroatoms. The first-order valence-electron chi connectivity index (χ1n) is 10.8. The first-order chi connectivity index (χ1) is 15.7. The van der Waals surface area contributed by atoms with E-state index in [0.29, 0.717) is 24.2 Å². The van der Waals surface area contributed by atoms with Crippen molar-refractivity contribution in [3.63, 3.8) is 0 Å². The number of unbranched alkanes of at least 4 members (excludes halogenated alkanes) is 2. The zero-order chi connectivity index (χ0) is 22.2. The van der Waals surface area contributed by atoms with Crippen molar-refractivity contribution in [1.82, 2.24) is 10.3 Å². The van der Waals surface area contributed by atoms with Gasteiger partial charge in [-0.1, -0.05) is 54.3 Å². The lowest BCUT2D eigenvalue weighted by atomic mass is 10.1. The topological polar surface area (TPSA) is 61.4 Å². The maximum atomic E-state index is 12.4. The van der Waals surface area contributed by atoms with Crippen LogP contribution in [0.3, 0.4) is 0 Å². The van der Waals surface area contributed by atoms with Gasteiger partial charge in [0, 0.05) is 30.8 Å². The Hall–Kier alpha value is -3.88. The average molecular weight is 424 g/mol. The van der Waals surface area contributed by atoms with Crippen LogP contribution in [0.4, 0.5) is 5.69 Å². The molecule has 3 aromatic carbocycles. The highest BCUT2D eigenvalue weighted by atomic mass is 16.2. The maximum Gasteiger partial charge on any atom is 0.261 e. The number of rotatable bonds is 8. The molecule has 1 heterocycles. The van der Waals surface area contributed by atoms with E-state index < -0.39 is 0 Å². The summed E-state index contributed by atoms with van der Waals surface area (Å²) in [5.74, 6) is 6.03. The number of nitrogens with zero attached hydrogens (tertiary/aromatic N) is 1. The standard InChI is InChI=1S/C27H25N3O2/c31-26-24-16-7-8-17-25(24)27(32)30(26)18-9-2-1-4-11-21-12-10-13-22(19-21)20-28-29-23-14-5-3-6-15-23/h3,5-8,10,12-17,19,28-29H,1-2,9,18,20H2. The van der Waals surface area contributed by atoms with Gasteiger partial charge in [-0.05, 0) is 54.8 Å². The van der Waals surface area contributed by atoms with Crippen LogP contribution >= 0.6 is 0 Å². The normalized spacial score (nSPS) is 12.3. The molecule has 3 aromatic rings. The van der Waals surface area contributed by atoms with E-state index in [1.165, 1.54) is 4.90 Å². The fraction of sp³-hybridized carbons (Fsp3) is 0.185. The minimum absolute atomic E-state index is 0.191. The minimum Gasteiger partial charge on any atom is -0.321 e. The monoisotopic (exact) mass is 423 g/mol. The van der Waals surface area contributed by atoms with Crippen molar-refractivity contribution < 1.29 is 9.59 Å². The molecule has 160 valence electrons. The summed E-state index contributed by atoms with van der Waals surface area (Å²) in [6.07, 6.45) is 2.30. The van der Waals surface area contributed by atoms with Gasteiger partial charge in [0.2, 0.25) is 0 Å². The summed E-state index contributed by atoms with van der Waals surface area (Å²) < 4.78 is 0. The lowest BCUT2D eigenvalue weighted by Crippen LogP contribution is -2.30. The number of anilines is 1. The molecule has 0 unspecified atom stereocenters. The number of hydrazine groups is 1. The van der Waals surface area contributed by atoms with E-state index in [9.17, 15) is 9.59 Å².